The molecule has 0 amide bonds. The van der Waals surface area contributed by atoms with Crippen molar-refractivity contribution in [2.45, 2.75) is 85.1 Å². The van der Waals surface area contributed by atoms with Crippen LogP contribution in [0.1, 0.15) is 78.8 Å². The minimum atomic E-state index is -0.232. The highest BCUT2D eigenvalue weighted by Crippen LogP contribution is 2.37. The van der Waals surface area contributed by atoms with Crippen LogP contribution in [0.25, 0.3) is 11.4 Å². The molecule has 5 nitrogen and oxygen atoms in total. The number of ketones is 1. The molecule has 5 rings (SSSR count). The molecule has 2 unspecified atom stereocenters. The number of rotatable bonds is 6. The lowest BCUT2D eigenvalue weighted by Crippen LogP contribution is -2.30. The zero-order valence-corrected chi connectivity index (χ0v) is 22.0. The number of fused-ring (bicyclic) bond motifs is 1. The first kappa shape index (κ1) is 24.3. The Labute approximate surface area is 211 Å². The largest absolute Gasteiger partial charge is 0.297 e. The number of thiazole rings is 1. The van der Waals surface area contributed by atoms with Crippen molar-refractivity contribution < 1.29 is 9.18 Å². The van der Waals surface area contributed by atoms with Gasteiger partial charge in [0.25, 0.3) is 0 Å². The normalized spacial score (nSPS) is 23.2. The van der Waals surface area contributed by atoms with Gasteiger partial charge in [0.15, 0.2) is 11.6 Å². The summed E-state index contributed by atoms with van der Waals surface area (Å²) < 4.78 is 15.7. The third-order valence-electron chi connectivity index (χ3n) is 8.10. The van der Waals surface area contributed by atoms with E-state index >= 15 is 0 Å². The minimum Gasteiger partial charge on any atom is -0.297 e. The van der Waals surface area contributed by atoms with Gasteiger partial charge in [-0.1, -0.05) is 26.7 Å². The van der Waals surface area contributed by atoms with Crippen molar-refractivity contribution in [3.63, 3.8) is 0 Å². The van der Waals surface area contributed by atoms with E-state index in [0.717, 1.165) is 54.4 Å². The number of carbonyl (C=O) groups excluding carboxylic acids is 1. The van der Waals surface area contributed by atoms with Crippen LogP contribution < -0.4 is 0 Å². The van der Waals surface area contributed by atoms with Crippen molar-refractivity contribution >= 4 is 17.1 Å². The summed E-state index contributed by atoms with van der Waals surface area (Å²) in [5.41, 5.74) is 2.56. The number of hydrogen-bond acceptors (Lipinski definition) is 5. The Morgan fingerprint density at radius 1 is 1.17 bits per heavy atom. The van der Waals surface area contributed by atoms with Crippen molar-refractivity contribution in [2.75, 3.05) is 0 Å². The molecule has 0 bridgehead atoms. The number of nitrogens with zero attached hydrogens (tertiary/aromatic N) is 4. The molecule has 1 aromatic carbocycles. The Hall–Kier alpha value is -2.41. The monoisotopic (exact) mass is 494 g/mol. The van der Waals surface area contributed by atoms with E-state index in [4.69, 9.17) is 15.1 Å². The van der Waals surface area contributed by atoms with Crippen molar-refractivity contribution in [1.82, 2.24) is 19.7 Å². The average molecular weight is 495 g/mol. The fourth-order valence-electron chi connectivity index (χ4n) is 5.71. The van der Waals surface area contributed by atoms with E-state index in [-0.39, 0.29) is 24.1 Å². The van der Waals surface area contributed by atoms with Gasteiger partial charge >= 0.3 is 0 Å². The molecular weight excluding hydrogens is 459 g/mol. The lowest BCUT2D eigenvalue weighted by Gasteiger charge is -2.27. The van der Waals surface area contributed by atoms with E-state index in [1.54, 1.807) is 30.4 Å². The first-order valence-corrected chi connectivity index (χ1v) is 13.8. The second-order valence-electron chi connectivity index (χ2n) is 10.7. The zero-order chi connectivity index (χ0) is 24.7. The highest BCUT2D eigenvalue weighted by Gasteiger charge is 2.32. The van der Waals surface area contributed by atoms with E-state index < -0.39 is 0 Å². The van der Waals surface area contributed by atoms with Crippen LogP contribution in [0.2, 0.25) is 0 Å². The number of hydrogen-bond donors (Lipinski definition) is 0. The van der Waals surface area contributed by atoms with Crippen molar-refractivity contribution in [1.29, 1.82) is 0 Å². The summed E-state index contributed by atoms with van der Waals surface area (Å²) in [4.78, 5) is 24.5. The highest BCUT2D eigenvalue weighted by molar-refractivity contribution is 7.11. The molecule has 0 spiro atoms. The predicted octanol–water partition coefficient (Wildman–Crippen LogP) is 6.46. The van der Waals surface area contributed by atoms with Gasteiger partial charge < -0.3 is 0 Å². The van der Waals surface area contributed by atoms with Gasteiger partial charge in [-0.05, 0) is 81.5 Å². The molecule has 1 saturated carbocycles. The molecule has 186 valence electrons. The third-order valence-corrected chi connectivity index (χ3v) is 9.17. The number of benzene rings is 1. The van der Waals surface area contributed by atoms with Gasteiger partial charge in [0.05, 0.1) is 10.7 Å². The Bertz CT molecular complexity index is 1220. The van der Waals surface area contributed by atoms with E-state index in [1.165, 1.54) is 29.5 Å². The lowest BCUT2D eigenvalue weighted by atomic mass is 9.80. The van der Waals surface area contributed by atoms with Crippen LogP contribution in [0.15, 0.2) is 18.2 Å². The summed E-state index contributed by atoms with van der Waals surface area (Å²) in [7, 11) is 0. The molecule has 2 heterocycles. The van der Waals surface area contributed by atoms with Crippen LogP contribution in [0.3, 0.4) is 0 Å². The molecule has 0 saturated heterocycles. The molecule has 0 aliphatic heterocycles. The fraction of sp³-hybridized carbons (Fsp3) is 0.571. The van der Waals surface area contributed by atoms with Crippen LogP contribution >= 0.6 is 11.3 Å². The van der Waals surface area contributed by atoms with Gasteiger partial charge in [0.1, 0.15) is 18.2 Å². The maximum Gasteiger partial charge on any atom is 0.181 e. The average Bonchev–Trinajstić information content (AvgIpc) is 3.43. The van der Waals surface area contributed by atoms with Gasteiger partial charge in [0, 0.05) is 22.3 Å². The Morgan fingerprint density at radius 3 is 2.69 bits per heavy atom. The first-order chi connectivity index (χ1) is 16.8. The van der Waals surface area contributed by atoms with E-state index in [9.17, 15) is 9.18 Å². The molecule has 7 heteroatoms. The standard InChI is InChI=1S/C28H35FN4OS/c1-16-5-7-20(8-6-16)28-31-27(22-9-11-23(29)17(2)13-22)32-33(28)15-25(34)18(3)21-10-12-26-24(14-21)30-19(4)35-26/h9,11,13,16,18,20-21H,5-8,10,12,14-15H2,1-4H3. The summed E-state index contributed by atoms with van der Waals surface area (Å²) in [6.07, 6.45) is 7.42. The second-order valence-corrected chi connectivity index (χ2v) is 12.0. The SMILES string of the molecule is Cc1nc2c(s1)CCC(C(C)C(=O)Cn1nc(-c3ccc(F)c(C)c3)nc1C1CCC(C)CC1)C2. The van der Waals surface area contributed by atoms with E-state index in [2.05, 4.69) is 20.8 Å². The highest BCUT2D eigenvalue weighted by atomic mass is 32.1. The number of aromatic nitrogens is 4. The molecule has 35 heavy (non-hydrogen) atoms. The summed E-state index contributed by atoms with van der Waals surface area (Å²) >= 11 is 1.79. The van der Waals surface area contributed by atoms with Crippen molar-refractivity contribution in [3.05, 3.63) is 51.0 Å². The Morgan fingerprint density at radius 2 is 1.94 bits per heavy atom. The summed E-state index contributed by atoms with van der Waals surface area (Å²) in [5.74, 6) is 2.79. The molecule has 0 N–H and O–H groups in total. The van der Waals surface area contributed by atoms with Crippen LogP contribution in [-0.2, 0) is 24.2 Å². The topological polar surface area (TPSA) is 60.7 Å². The van der Waals surface area contributed by atoms with E-state index in [1.807, 2.05) is 4.68 Å². The predicted molar refractivity (Wildman–Crippen MR) is 137 cm³/mol. The van der Waals surface area contributed by atoms with Crippen molar-refractivity contribution in [2.24, 2.45) is 17.8 Å². The first-order valence-electron chi connectivity index (χ1n) is 13.0. The molecule has 3 aromatic rings. The fourth-order valence-corrected chi connectivity index (χ4v) is 6.69. The molecule has 2 aromatic heterocycles. The van der Waals surface area contributed by atoms with Gasteiger partial charge in [-0.15, -0.1) is 11.3 Å². The molecule has 2 aliphatic carbocycles. The Balaban J connectivity index is 1.38. The number of halogens is 1. The Kier molecular flexibility index (Phi) is 6.88. The molecule has 1 fully saturated rings. The number of Topliss-reactive ketones (excluding diaryl/α,β-unsaturated/α-hetero) is 1. The van der Waals surface area contributed by atoms with Crippen molar-refractivity contribution in [3.8, 4) is 11.4 Å². The summed E-state index contributed by atoms with van der Waals surface area (Å²) in [6.45, 7) is 8.43. The van der Waals surface area contributed by atoms with Gasteiger partial charge in [-0.2, -0.15) is 5.10 Å². The number of aryl methyl sites for hydroxylation is 3. The van der Waals surface area contributed by atoms with E-state index in [0.29, 0.717) is 23.2 Å². The summed E-state index contributed by atoms with van der Waals surface area (Å²) in [5, 5.41) is 5.92. The maximum atomic E-state index is 13.9. The van der Waals surface area contributed by atoms with Crippen LogP contribution in [0, 0.1) is 37.4 Å². The smallest absolute Gasteiger partial charge is 0.181 e. The van der Waals surface area contributed by atoms with Gasteiger partial charge in [0.2, 0.25) is 0 Å². The minimum absolute atomic E-state index is 0.0508. The maximum absolute atomic E-state index is 13.9. The number of carbonyl (C=O) groups is 1. The lowest BCUT2D eigenvalue weighted by molar-refractivity contribution is -0.124. The zero-order valence-electron chi connectivity index (χ0n) is 21.2. The summed E-state index contributed by atoms with van der Waals surface area (Å²) in [6, 6.07) is 4.99. The second kappa shape index (κ2) is 9.92. The van der Waals surface area contributed by atoms with Gasteiger partial charge in [-0.3, -0.25) is 4.79 Å². The van der Waals surface area contributed by atoms with Crippen LogP contribution in [0.5, 0.6) is 0 Å². The third kappa shape index (κ3) is 5.11. The molecule has 2 aliphatic rings. The van der Waals surface area contributed by atoms with Crippen LogP contribution in [0.4, 0.5) is 4.39 Å². The van der Waals surface area contributed by atoms with Gasteiger partial charge in [-0.25, -0.2) is 19.0 Å². The molecule has 2 atom stereocenters. The van der Waals surface area contributed by atoms with Crippen LogP contribution in [-0.4, -0.2) is 25.5 Å². The quantitative estimate of drug-likeness (QED) is 0.394. The molecule has 0 radical (unpaired) electrons. The molecular formula is C28H35FN4OS.